The number of carbonyl (C=O) groups is 2. The maximum absolute atomic E-state index is 12.4. The number of methoxy groups -OCH3 is 1. The number of hydrazone groups is 1. The van der Waals surface area contributed by atoms with Gasteiger partial charge in [-0.2, -0.15) is 5.10 Å². The fourth-order valence-corrected chi connectivity index (χ4v) is 2.72. The highest BCUT2D eigenvalue weighted by molar-refractivity contribution is 6.33. The van der Waals surface area contributed by atoms with E-state index in [1.807, 2.05) is 18.2 Å². The van der Waals surface area contributed by atoms with Crippen molar-refractivity contribution in [2.45, 2.75) is 0 Å². The van der Waals surface area contributed by atoms with Gasteiger partial charge in [0.1, 0.15) is 5.75 Å². The highest BCUT2D eigenvalue weighted by atomic mass is 35.5. The fourth-order valence-electron chi connectivity index (χ4n) is 2.51. The van der Waals surface area contributed by atoms with Crippen molar-refractivity contribution in [3.05, 3.63) is 88.9 Å². The zero-order valence-corrected chi connectivity index (χ0v) is 17.3. The van der Waals surface area contributed by atoms with Crippen molar-refractivity contribution in [1.29, 1.82) is 0 Å². The average Bonchev–Trinajstić information content (AvgIpc) is 2.79. The number of esters is 1. The van der Waals surface area contributed by atoms with Gasteiger partial charge in [0.25, 0.3) is 5.91 Å². The molecule has 0 spiro atoms. The van der Waals surface area contributed by atoms with Crippen LogP contribution in [0.25, 0.3) is 0 Å². The number of rotatable bonds is 8. The Labute approximate surface area is 184 Å². The smallest absolute Gasteiger partial charge is 0.345 e. The summed E-state index contributed by atoms with van der Waals surface area (Å²) in [6.45, 7) is -0.165. The lowest BCUT2D eigenvalue weighted by atomic mass is 10.2. The van der Waals surface area contributed by atoms with Gasteiger partial charge in [0, 0.05) is 0 Å². The summed E-state index contributed by atoms with van der Waals surface area (Å²) in [5.41, 5.74) is 3.25. The van der Waals surface area contributed by atoms with Crippen LogP contribution < -0.4 is 19.6 Å². The molecule has 1 N–H and O–H groups in total. The molecule has 0 bridgehead atoms. The first-order valence-corrected chi connectivity index (χ1v) is 9.59. The Balaban J connectivity index is 1.58. The minimum Gasteiger partial charge on any atom is -0.493 e. The van der Waals surface area contributed by atoms with Gasteiger partial charge in [0.15, 0.2) is 18.1 Å². The van der Waals surface area contributed by atoms with Crippen molar-refractivity contribution >= 4 is 29.7 Å². The van der Waals surface area contributed by atoms with Gasteiger partial charge >= 0.3 is 5.97 Å². The van der Waals surface area contributed by atoms with Gasteiger partial charge in [-0.15, -0.1) is 0 Å². The van der Waals surface area contributed by atoms with E-state index >= 15 is 0 Å². The molecule has 1 amide bonds. The van der Waals surface area contributed by atoms with Gasteiger partial charge in [-0.05, 0) is 48.0 Å². The Morgan fingerprint density at radius 2 is 1.74 bits per heavy atom. The Morgan fingerprint density at radius 1 is 1.00 bits per heavy atom. The van der Waals surface area contributed by atoms with Crippen LogP contribution in [0.3, 0.4) is 0 Å². The molecule has 0 fully saturated rings. The van der Waals surface area contributed by atoms with E-state index in [2.05, 4.69) is 10.5 Å². The number of ether oxygens (including phenoxy) is 3. The van der Waals surface area contributed by atoms with E-state index in [4.69, 9.17) is 25.8 Å². The maximum Gasteiger partial charge on any atom is 0.345 e. The molecule has 3 aromatic rings. The second-order valence-corrected chi connectivity index (χ2v) is 6.58. The predicted octanol–water partition coefficient (Wildman–Crippen LogP) is 4.10. The normalized spacial score (nSPS) is 10.5. The van der Waals surface area contributed by atoms with Crippen molar-refractivity contribution in [3.8, 4) is 17.2 Å². The summed E-state index contributed by atoms with van der Waals surface area (Å²) in [5, 5.41) is 4.19. The number of nitrogens with zero attached hydrogens (tertiary/aromatic N) is 1. The van der Waals surface area contributed by atoms with Crippen LogP contribution in [0.2, 0.25) is 5.02 Å². The van der Waals surface area contributed by atoms with Crippen LogP contribution >= 0.6 is 11.6 Å². The SMILES string of the molecule is COc1cc(/C=N\NC(=O)COc2ccccc2)ccc1OC(=O)c1ccccc1Cl. The van der Waals surface area contributed by atoms with Crippen molar-refractivity contribution < 1.29 is 23.8 Å². The van der Waals surface area contributed by atoms with E-state index in [1.165, 1.54) is 13.3 Å². The molecular formula is C23H19ClN2O5. The zero-order chi connectivity index (χ0) is 22.1. The lowest BCUT2D eigenvalue weighted by Crippen LogP contribution is -2.24. The van der Waals surface area contributed by atoms with Gasteiger partial charge in [0.05, 0.1) is 23.9 Å². The maximum atomic E-state index is 12.4. The number of hydrogen-bond acceptors (Lipinski definition) is 6. The molecule has 0 unspecified atom stereocenters. The van der Waals surface area contributed by atoms with Gasteiger partial charge in [-0.25, -0.2) is 10.2 Å². The number of nitrogens with one attached hydrogen (secondary N) is 1. The molecule has 0 saturated carbocycles. The number of benzene rings is 3. The molecule has 0 aromatic heterocycles. The van der Waals surface area contributed by atoms with Gasteiger partial charge in [-0.3, -0.25) is 4.79 Å². The van der Waals surface area contributed by atoms with Crippen LogP contribution in [-0.4, -0.2) is 31.8 Å². The molecule has 0 radical (unpaired) electrons. The minimum absolute atomic E-state index is 0.165. The van der Waals surface area contributed by atoms with Crippen LogP contribution in [0.4, 0.5) is 0 Å². The molecule has 3 rings (SSSR count). The van der Waals surface area contributed by atoms with Gasteiger partial charge in [0.2, 0.25) is 0 Å². The average molecular weight is 439 g/mol. The summed E-state index contributed by atoms with van der Waals surface area (Å²) in [5.74, 6) is 0.134. The highest BCUT2D eigenvalue weighted by Crippen LogP contribution is 2.29. The summed E-state index contributed by atoms with van der Waals surface area (Å²) >= 11 is 6.03. The molecule has 0 heterocycles. The largest absolute Gasteiger partial charge is 0.493 e. The molecule has 158 valence electrons. The fraction of sp³-hybridized carbons (Fsp3) is 0.0870. The molecule has 3 aromatic carbocycles. The van der Waals surface area contributed by atoms with Crippen LogP contribution in [0.1, 0.15) is 15.9 Å². The summed E-state index contributed by atoms with van der Waals surface area (Å²) < 4.78 is 16.0. The Morgan fingerprint density at radius 3 is 2.48 bits per heavy atom. The van der Waals surface area contributed by atoms with Gasteiger partial charge < -0.3 is 14.2 Å². The first-order chi connectivity index (χ1) is 15.1. The van der Waals surface area contributed by atoms with E-state index < -0.39 is 11.9 Å². The van der Waals surface area contributed by atoms with Crippen molar-refractivity contribution in [2.24, 2.45) is 5.10 Å². The topological polar surface area (TPSA) is 86.2 Å². The summed E-state index contributed by atoms with van der Waals surface area (Å²) in [4.78, 5) is 24.2. The Hall–Kier alpha value is -3.84. The van der Waals surface area contributed by atoms with Crippen molar-refractivity contribution in [1.82, 2.24) is 5.43 Å². The third-order valence-electron chi connectivity index (χ3n) is 4.00. The van der Waals surface area contributed by atoms with E-state index in [0.29, 0.717) is 22.1 Å². The summed E-state index contributed by atoms with van der Waals surface area (Å²) in [6, 6.07) is 20.4. The summed E-state index contributed by atoms with van der Waals surface area (Å²) in [6.07, 6.45) is 1.43. The Kier molecular flexibility index (Phi) is 7.61. The lowest BCUT2D eigenvalue weighted by molar-refractivity contribution is -0.123. The minimum atomic E-state index is -0.601. The lowest BCUT2D eigenvalue weighted by Gasteiger charge is -2.10. The second-order valence-electron chi connectivity index (χ2n) is 6.17. The molecule has 7 nitrogen and oxygen atoms in total. The number of carbonyl (C=O) groups excluding carboxylic acids is 2. The van der Waals surface area contributed by atoms with E-state index in [9.17, 15) is 9.59 Å². The molecule has 0 atom stereocenters. The van der Waals surface area contributed by atoms with Crippen LogP contribution in [0.5, 0.6) is 17.2 Å². The standard InChI is InChI=1S/C23H19ClN2O5/c1-29-21-13-16(14-25-26-22(27)15-30-17-7-3-2-4-8-17)11-12-20(21)31-23(28)18-9-5-6-10-19(18)24/h2-14H,15H2,1H3,(H,26,27)/b25-14-. The molecule has 0 saturated heterocycles. The molecular weight excluding hydrogens is 420 g/mol. The molecule has 0 aliphatic heterocycles. The zero-order valence-electron chi connectivity index (χ0n) is 16.6. The second kappa shape index (κ2) is 10.8. The van der Waals surface area contributed by atoms with Crippen LogP contribution in [0, 0.1) is 0 Å². The molecule has 31 heavy (non-hydrogen) atoms. The van der Waals surface area contributed by atoms with Crippen LogP contribution in [-0.2, 0) is 4.79 Å². The Bertz CT molecular complexity index is 1090. The third-order valence-corrected chi connectivity index (χ3v) is 4.33. The monoisotopic (exact) mass is 438 g/mol. The third kappa shape index (κ3) is 6.32. The van der Waals surface area contributed by atoms with Crippen molar-refractivity contribution in [3.63, 3.8) is 0 Å². The number of para-hydroxylation sites is 1. The molecule has 0 aliphatic carbocycles. The van der Waals surface area contributed by atoms with Crippen molar-refractivity contribution in [2.75, 3.05) is 13.7 Å². The predicted molar refractivity (Wildman–Crippen MR) is 117 cm³/mol. The number of amides is 1. The quantitative estimate of drug-likeness (QED) is 0.248. The number of hydrogen-bond donors (Lipinski definition) is 1. The summed E-state index contributed by atoms with van der Waals surface area (Å²) in [7, 11) is 1.45. The first-order valence-electron chi connectivity index (χ1n) is 9.21. The van der Waals surface area contributed by atoms with Gasteiger partial charge in [-0.1, -0.05) is 41.9 Å². The highest BCUT2D eigenvalue weighted by Gasteiger charge is 2.15. The molecule has 8 heteroatoms. The van der Waals surface area contributed by atoms with E-state index in [-0.39, 0.29) is 17.9 Å². The van der Waals surface area contributed by atoms with E-state index in [1.54, 1.807) is 54.6 Å². The first kappa shape index (κ1) is 21.9. The van der Waals surface area contributed by atoms with Crippen LogP contribution in [0.15, 0.2) is 77.9 Å². The molecule has 0 aliphatic rings. The number of halogens is 1. The van der Waals surface area contributed by atoms with E-state index in [0.717, 1.165) is 0 Å².